The predicted octanol–water partition coefficient (Wildman–Crippen LogP) is -1.07. The minimum atomic E-state index is -0.872. The van der Waals surface area contributed by atoms with E-state index >= 15 is 0 Å². The van der Waals surface area contributed by atoms with Crippen molar-refractivity contribution in [2.75, 3.05) is 13.1 Å². The first-order valence-electron chi connectivity index (χ1n) is 6.26. The monoisotopic (exact) mass is 281 g/mol. The highest BCUT2D eigenvalue weighted by molar-refractivity contribution is 5.78. The van der Waals surface area contributed by atoms with Gasteiger partial charge in [0.05, 0.1) is 6.42 Å². The van der Waals surface area contributed by atoms with Gasteiger partial charge in [-0.2, -0.15) is 0 Å². The molecule has 1 amide bonds. The Balaban J connectivity index is 1.97. The molecule has 0 aliphatic carbocycles. The lowest BCUT2D eigenvalue weighted by Crippen LogP contribution is -2.32. The van der Waals surface area contributed by atoms with Gasteiger partial charge in [0.1, 0.15) is 0 Å². The number of carboxylic acids is 1. The van der Waals surface area contributed by atoms with Crippen molar-refractivity contribution in [2.24, 2.45) is 5.92 Å². The minimum Gasteiger partial charge on any atom is -0.481 e. The Labute approximate surface area is 113 Å². The second kappa shape index (κ2) is 5.72. The molecule has 2 rings (SSSR count). The van der Waals surface area contributed by atoms with Gasteiger partial charge in [0, 0.05) is 31.3 Å². The maximum absolute atomic E-state index is 12.0. The Hall–Kier alpha value is -2.38. The van der Waals surface area contributed by atoms with E-state index in [2.05, 4.69) is 4.98 Å². The Kier molecular flexibility index (Phi) is 4.02. The topological polar surface area (TPSA) is 123 Å². The Morgan fingerprint density at radius 2 is 2.10 bits per heavy atom. The highest BCUT2D eigenvalue weighted by Gasteiger charge is 2.27. The van der Waals surface area contributed by atoms with E-state index in [0.29, 0.717) is 19.5 Å². The number of amides is 1. The molecule has 1 aliphatic rings. The number of nitrogens with one attached hydrogen (secondary N) is 2. The number of carbonyl (C=O) groups excluding carboxylic acids is 1. The van der Waals surface area contributed by atoms with Crippen LogP contribution in [0.2, 0.25) is 0 Å². The van der Waals surface area contributed by atoms with Gasteiger partial charge < -0.3 is 15.0 Å². The van der Waals surface area contributed by atoms with Crippen molar-refractivity contribution in [3.05, 3.63) is 32.6 Å². The van der Waals surface area contributed by atoms with Crippen LogP contribution in [0.25, 0.3) is 0 Å². The van der Waals surface area contributed by atoms with Crippen molar-refractivity contribution in [1.29, 1.82) is 0 Å². The number of hydrogen-bond acceptors (Lipinski definition) is 4. The molecule has 8 nitrogen and oxygen atoms in total. The summed E-state index contributed by atoms with van der Waals surface area (Å²) in [5.41, 5.74) is -0.947. The second-order valence-electron chi connectivity index (χ2n) is 4.88. The summed E-state index contributed by atoms with van der Waals surface area (Å²) < 4.78 is 0. The molecule has 1 fully saturated rings. The number of H-pyrrole nitrogens is 2. The summed E-state index contributed by atoms with van der Waals surface area (Å²) >= 11 is 0. The van der Waals surface area contributed by atoms with E-state index in [1.54, 1.807) is 4.90 Å². The molecule has 20 heavy (non-hydrogen) atoms. The van der Waals surface area contributed by atoms with Gasteiger partial charge in [-0.15, -0.1) is 0 Å². The smallest absolute Gasteiger partial charge is 0.325 e. The van der Waals surface area contributed by atoms with E-state index in [4.69, 9.17) is 5.11 Å². The Bertz CT molecular complexity index is 604. The summed E-state index contributed by atoms with van der Waals surface area (Å²) in [7, 11) is 0. The van der Waals surface area contributed by atoms with Crippen LogP contribution in [0.1, 0.15) is 18.5 Å². The van der Waals surface area contributed by atoms with Gasteiger partial charge in [-0.05, 0) is 12.3 Å². The standard InChI is InChI=1S/C12H15N3O5/c16-9-4-8(13-12(20)14-9)5-10(17)15-2-1-7(6-15)3-11(18)19/h4,7H,1-3,5-6H2,(H,18,19)(H2,13,14,16,20). The quantitative estimate of drug-likeness (QED) is 0.648. The molecule has 0 saturated carbocycles. The summed E-state index contributed by atoms with van der Waals surface area (Å²) in [5.74, 6) is -1.13. The Morgan fingerprint density at radius 3 is 2.75 bits per heavy atom. The summed E-state index contributed by atoms with van der Waals surface area (Å²) in [6, 6.07) is 1.17. The van der Waals surface area contributed by atoms with Crippen LogP contribution in [-0.2, 0) is 16.0 Å². The first-order chi connectivity index (χ1) is 9.44. The molecular formula is C12H15N3O5. The van der Waals surface area contributed by atoms with E-state index in [1.165, 1.54) is 6.07 Å². The lowest BCUT2D eigenvalue weighted by atomic mass is 10.1. The molecule has 0 bridgehead atoms. The largest absolute Gasteiger partial charge is 0.481 e. The molecular weight excluding hydrogens is 266 g/mol. The number of aromatic amines is 2. The van der Waals surface area contributed by atoms with Crippen molar-refractivity contribution in [3.8, 4) is 0 Å². The number of likely N-dealkylation sites (tertiary alicyclic amines) is 1. The van der Waals surface area contributed by atoms with E-state index in [-0.39, 0.29) is 30.4 Å². The van der Waals surface area contributed by atoms with E-state index in [0.717, 1.165) is 0 Å². The van der Waals surface area contributed by atoms with Gasteiger partial charge >= 0.3 is 11.7 Å². The summed E-state index contributed by atoms with van der Waals surface area (Å²) in [6.07, 6.45) is 0.633. The van der Waals surface area contributed by atoms with Crippen LogP contribution in [0.4, 0.5) is 0 Å². The van der Waals surface area contributed by atoms with Crippen LogP contribution >= 0.6 is 0 Å². The lowest BCUT2D eigenvalue weighted by Gasteiger charge is -2.15. The van der Waals surface area contributed by atoms with Crippen LogP contribution in [0.3, 0.4) is 0 Å². The number of aromatic nitrogens is 2. The molecule has 1 aromatic rings. The van der Waals surface area contributed by atoms with Crippen molar-refractivity contribution < 1.29 is 14.7 Å². The van der Waals surface area contributed by atoms with E-state index in [9.17, 15) is 19.2 Å². The van der Waals surface area contributed by atoms with Crippen LogP contribution in [0.15, 0.2) is 15.7 Å². The fourth-order valence-corrected chi connectivity index (χ4v) is 2.36. The molecule has 0 radical (unpaired) electrons. The zero-order valence-electron chi connectivity index (χ0n) is 10.7. The molecule has 1 saturated heterocycles. The number of nitrogens with zero attached hydrogens (tertiary/aromatic N) is 1. The summed E-state index contributed by atoms with van der Waals surface area (Å²) in [5, 5.41) is 8.71. The van der Waals surface area contributed by atoms with Crippen LogP contribution in [0.5, 0.6) is 0 Å². The molecule has 2 heterocycles. The summed E-state index contributed by atoms with van der Waals surface area (Å²) in [4.78, 5) is 50.8. The average molecular weight is 281 g/mol. The lowest BCUT2D eigenvalue weighted by molar-refractivity contribution is -0.138. The molecule has 8 heteroatoms. The average Bonchev–Trinajstić information content (AvgIpc) is 2.75. The normalized spacial score (nSPS) is 18.2. The number of aliphatic carboxylic acids is 1. The van der Waals surface area contributed by atoms with Crippen LogP contribution in [0, 0.1) is 5.92 Å². The number of rotatable bonds is 4. The van der Waals surface area contributed by atoms with Crippen LogP contribution in [-0.4, -0.2) is 44.9 Å². The fourth-order valence-electron chi connectivity index (χ4n) is 2.36. The molecule has 0 aromatic carbocycles. The Morgan fingerprint density at radius 1 is 1.35 bits per heavy atom. The maximum Gasteiger partial charge on any atom is 0.325 e. The third-order valence-electron chi connectivity index (χ3n) is 3.26. The fraction of sp³-hybridized carbons (Fsp3) is 0.500. The van der Waals surface area contributed by atoms with Gasteiger partial charge in [-0.3, -0.25) is 19.4 Å². The molecule has 0 spiro atoms. The second-order valence-corrected chi connectivity index (χ2v) is 4.88. The molecule has 108 valence electrons. The number of carboxylic acid groups (broad SMARTS) is 1. The van der Waals surface area contributed by atoms with Gasteiger partial charge in [0.15, 0.2) is 0 Å². The van der Waals surface area contributed by atoms with Crippen molar-refractivity contribution in [2.45, 2.75) is 19.3 Å². The first kappa shape index (κ1) is 14.0. The molecule has 1 aromatic heterocycles. The number of hydrogen-bond donors (Lipinski definition) is 3. The molecule has 3 N–H and O–H groups in total. The van der Waals surface area contributed by atoms with Gasteiger partial charge in [-0.25, -0.2) is 4.79 Å². The van der Waals surface area contributed by atoms with Crippen molar-refractivity contribution in [1.82, 2.24) is 14.9 Å². The SMILES string of the molecule is O=C(O)CC1CCN(C(=O)Cc2cc(=O)[nH]c(=O)[nH]2)C1. The third kappa shape index (κ3) is 3.56. The zero-order chi connectivity index (χ0) is 14.7. The summed E-state index contributed by atoms with van der Waals surface area (Å²) in [6.45, 7) is 0.906. The third-order valence-corrected chi connectivity index (χ3v) is 3.26. The maximum atomic E-state index is 12.0. The highest BCUT2D eigenvalue weighted by Crippen LogP contribution is 2.20. The number of carbonyl (C=O) groups is 2. The van der Waals surface area contributed by atoms with Gasteiger partial charge in [0.2, 0.25) is 5.91 Å². The van der Waals surface area contributed by atoms with Crippen LogP contribution < -0.4 is 11.2 Å². The highest BCUT2D eigenvalue weighted by atomic mass is 16.4. The van der Waals surface area contributed by atoms with E-state index < -0.39 is 17.2 Å². The molecule has 1 aliphatic heterocycles. The van der Waals surface area contributed by atoms with Crippen molar-refractivity contribution in [3.63, 3.8) is 0 Å². The molecule has 1 unspecified atom stereocenters. The van der Waals surface area contributed by atoms with Gasteiger partial charge in [0.25, 0.3) is 5.56 Å². The molecule has 1 atom stereocenters. The predicted molar refractivity (Wildman–Crippen MR) is 68.3 cm³/mol. The zero-order valence-corrected chi connectivity index (χ0v) is 10.7. The van der Waals surface area contributed by atoms with Gasteiger partial charge in [-0.1, -0.05) is 0 Å². The van der Waals surface area contributed by atoms with Crippen molar-refractivity contribution >= 4 is 11.9 Å². The van der Waals surface area contributed by atoms with E-state index in [1.807, 2.05) is 4.98 Å². The minimum absolute atomic E-state index is 0.0327. The first-order valence-corrected chi connectivity index (χ1v) is 6.26.